The summed E-state index contributed by atoms with van der Waals surface area (Å²) in [7, 11) is -4.59. The molecule has 2 saturated heterocycles. The van der Waals surface area contributed by atoms with Crippen molar-refractivity contribution in [1.29, 1.82) is 0 Å². The van der Waals surface area contributed by atoms with E-state index in [2.05, 4.69) is 10.6 Å². The largest absolute Gasteiger partial charge is 0.435 e. The molecule has 1 saturated carbocycles. The summed E-state index contributed by atoms with van der Waals surface area (Å²) in [5, 5.41) is 14.8. The van der Waals surface area contributed by atoms with Crippen LogP contribution < -0.4 is 10.6 Å². The molecule has 3 aliphatic rings. The number of carbonyl (C=O) groups excluding carboxylic acids is 2. The Morgan fingerprint density at radius 1 is 0.889 bits per heavy atom. The molecule has 8 nitrogen and oxygen atoms in total. The van der Waals surface area contributed by atoms with Gasteiger partial charge in [-0.2, -0.15) is 26.3 Å². The van der Waals surface area contributed by atoms with Crippen molar-refractivity contribution in [2.24, 2.45) is 5.92 Å². The van der Waals surface area contributed by atoms with Gasteiger partial charge in [0, 0.05) is 24.6 Å². The Hall–Kier alpha value is -3.31. The number of aliphatic hydroxyl groups excluding tert-OH is 1. The molecule has 2 aromatic rings. The summed E-state index contributed by atoms with van der Waals surface area (Å²) in [5.41, 5.74) is -8.91. The molecule has 3 N–H and O–H groups in total. The first-order valence-corrected chi connectivity index (χ1v) is 15.2. The predicted octanol–water partition coefficient (Wildman–Crippen LogP) is 3.94. The average molecular weight is 670 g/mol. The summed E-state index contributed by atoms with van der Waals surface area (Å²) in [6.07, 6.45) is -13.6. The van der Waals surface area contributed by atoms with Gasteiger partial charge in [0.05, 0.1) is 4.90 Å². The number of hydrogen-bond donors (Lipinski definition) is 3. The van der Waals surface area contributed by atoms with Crippen LogP contribution in [0.15, 0.2) is 53.4 Å². The van der Waals surface area contributed by atoms with E-state index in [-0.39, 0.29) is 56.3 Å². The normalized spacial score (nSPS) is 28.0. The minimum absolute atomic E-state index is 0.168. The molecule has 45 heavy (non-hydrogen) atoms. The fourth-order valence-electron chi connectivity index (χ4n) is 6.52. The zero-order valence-corrected chi connectivity index (χ0v) is 24.0. The third kappa shape index (κ3) is 5.25. The molecule has 1 spiro atoms. The maximum absolute atomic E-state index is 14.7. The van der Waals surface area contributed by atoms with E-state index in [1.807, 2.05) is 0 Å². The standard InChI is InChI=1S/C28H27F8N3O5S/c29-19-5-7-20(8-6-19)45(43,44)25(17-1-3-18(4-2-17)26(30,27(31,32)33)28(34,35)36)13-14-39(15-25)21(40)16-9-11-24(12-10-16)22(41)37-23(42)38-24/h1-8,16,23,38,42H,9-15H2,(H,37,41)/t16?,23?,24?,25-/m0/s1. The lowest BCUT2D eigenvalue weighted by Gasteiger charge is -2.36. The first-order chi connectivity index (χ1) is 20.8. The summed E-state index contributed by atoms with van der Waals surface area (Å²) in [6, 6.07) is 5.36. The fraction of sp³-hybridized carbons (Fsp3) is 0.500. The minimum Gasteiger partial charge on any atom is -0.361 e. The van der Waals surface area contributed by atoms with Gasteiger partial charge in [-0.25, -0.2) is 17.2 Å². The Labute approximate surface area is 251 Å². The number of halogens is 8. The zero-order valence-electron chi connectivity index (χ0n) is 23.2. The molecule has 17 heteroatoms. The highest BCUT2D eigenvalue weighted by atomic mass is 32.2. The number of likely N-dealkylation sites (tertiary alicyclic amines) is 1. The second-order valence-electron chi connectivity index (χ2n) is 11.6. The van der Waals surface area contributed by atoms with Crippen LogP contribution in [0.2, 0.25) is 0 Å². The van der Waals surface area contributed by atoms with Crippen LogP contribution in [-0.4, -0.2) is 67.6 Å². The molecule has 2 atom stereocenters. The van der Waals surface area contributed by atoms with E-state index in [0.29, 0.717) is 12.1 Å². The maximum atomic E-state index is 14.7. The van der Waals surface area contributed by atoms with E-state index in [4.69, 9.17) is 0 Å². The van der Waals surface area contributed by atoms with Crippen LogP contribution in [0, 0.1) is 11.7 Å². The topological polar surface area (TPSA) is 116 Å². The molecule has 246 valence electrons. The van der Waals surface area contributed by atoms with E-state index in [1.165, 1.54) is 4.90 Å². The summed E-state index contributed by atoms with van der Waals surface area (Å²) < 4.78 is 135. The van der Waals surface area contributed by atoms with Gasteiger partial charge in [-0.15, -0.1) is 0 Å². The Kier molecular flexibility index (Phi) is 8.01. The SMILES string of the molecule is O=C(C1CCC2(CC1)NC(O)NC2=O)N1CC[C@](c2ccc(C(F)(C(F)(F)F)C(F)(F)F)cc2)(S(=O)(=O)c2ccc(F)cc2)C1. The average Bonchev–Trinajstić information content (AvgIpc) is 3.54. The van der Waals surface area contributed by atoms with Crippen molar-refractivity contribution < 1.29 is 58.2 Å². The van der Waals surface area contributed by atoms with Gasteiger partial charge in [0.25, 0.3) is 0 Å². The third-order valence-corrected chi connectivity index (χ3v) is 11.6. The number of hydrogen-bond acceptors (Lipinski definition) is 6. The van der Waals surface area contributed by atoms with Crippen molar-refractivity contribution in [2.45, 2.75) is 71.7 Å². The maximum Gasteiger partial charge on any atom is 0.435 e. The van der Waals surface area contributed by atoms with E-state index in [0.717, 1.165) is 24.3 Å². The highest BCUT2D eigenvalue weighted by Gasteiger charge is 2.73. The number of alkyl halides is 7. The molecule has 2 aromatic carbocycles. The molecular weight excluding hydrogens is 642 g/mol. The third-order valence-electron chi connectivity index (χ3n) is 9.08. The lowest BCUT2D eigenvalue weighted by molar-refractivity contribution is -0.348. The molecule has 0 bridgehead atoms. The Morgan fingerprint density at radius 3 is 1.93 bits per heavy atom. The summed E-state index contributed by atoms with van der Waals surface area (Å²) in [5.74, 6) is -2.33. The lowest BCUT2D eigenvalue weighted by Crippen LogP contribution is -2.51. The van der Waals surface area contributed by atoms with Crippen LogP contribution in [-0.2, 0) is 29.8 Å². The first kappa shape index (κ1) is 33.1. The molecule has 2 heterocycles. The van der Waals surface area contributed by atoms with E-state index in [9.17, 15) is 58.2 Å². The number of nitrogens with zero attached hydrogens (tertiary/aromatic N) is 1. The van der Waals surface area contributed by atoms with Gasteiger partial charge >= 0.3 is 18.0 Å². The monoisotopic (exact) mass is 669 g/mol. The number of amides is 2. The molecule has 3 fully saturated rings. The van der Waals surface area contributed by atoms with E-state index in [1.54, 1.807) is 0 Å². The van der Waals surface area contributed by atoms with Gasteiger partial charge in [0.2, 0.25) is 11.8 Å². The van der Waals surface area contributed by atoms with Crippen LogP contribution in [0.5, 0.6) is 0 Å². The summed E-state index contributed by atoms with van der Waals surface area (Å²) in [4.78, 5) is 26.7. The summed E-state index contributed by atoms with van der Waals surface area (Å²) in [6.45, 7) is -0.721. The lowest BCUT2D eigenvalue weighted by atomic mass is 9.76. The summed E-state index contributed by atoms with van der Waals surface area (Å²) >= 11 is 0. The number of nitrogens with one attached hydrogen (secondary N) is 2. The van der Waals surface area contributed by atoms with Crippen LogP contribution in [0.4, 0.5) is 35.1 Å². The second kappa shape index (κ2) is 10.9. The Bertz CT molecular complexity index is 1560. The van der Waals surface area contributed by atoms with Gasteiger partial charge < -0.3 is 15.3 Å². The molecule has 5 rings (SSSR count). The number of aliphatic hydroxyl groups is 1. The van der Waals surface area contributed by atoms with E-state index >= 15 is 0 Å². The quantitative estimate of drug-likeness (QED) is 0.329. The van der Waals surface area contributed by atoms with Crippen LogP contribution in [0.25, 0.3) is 0 Å². The first-order valence-electron chi connectivity index (χ1n) is 13.8. The molecule has 1 aliphatic carbocycles. The second-order valence-corrected chi connectivity index (χ2v) is 13.8. The van der Waals surface area contributed by atoms with E-state index < -0.39 is 85.0 Å². The van der Waals surface area contributed by atoms with Gasteiger partial charge in [-0.3, -0.25) is 14.9 Å². The Balaban J connectivity index is 1.48. The number of rotatable bonds is 5. The van der Waals surface area contributed by atoms with Gasteiger partial charge in [0.15, 0.2) is 16.2 Å². The predicted molar refractivity (Wildman–Crippen MR) is 140 cm³/mol. The van der Waals surface area contributed by atoms with Crippen molar-refractivity contribution in [1.82, 2.24) is 15.5 Å². The van der Waals surface area contributed by atoms with Gasteiger partial charge in [-0.05, 0) is 61.9 Å². The molecule has 2 amide bonds. The molecule has 2 aliphatic heterocycles. The van der Waals surface area contributed by atoms with Crippen molar-refractivity contribution in [3.05, 3.63) is 65.5 Å². The number of benzene rings is 2. The van der Waals surface area contributed by atoms with Crippen LogP contribution in [0.1, 0.15) is 43.2 Å². The molecule has 0 radical (unpaired) electrons. The smallest absolute Gasteiger partial charge is 0.361 e. The van der Waals surface area contributed by atoms with Crippen molar-refractivity contribution >= 4 is 21.7 Å². The number of sulfone groups is 1. The van der Waals surface area contributed by atoms with Crippen LogP contribution >= 0.6 is 0 Å². The van der Waals surface area contributed by atoms with Gasteiger partial charge in [-0.1, -0.05) is 24.3 Å². The molecule has 0 aromatic heterocycles. The van der Waals surface area contributed by atoms with Gasteiger partial charge in [0.1, 0.15) is 16.1 Å². The fourth-order valence-corrected chi connectivity index (χ4v) is 8.60. The zero-order chi connectivity index (χ0) is 33.2. The van der Waals surface area contributed by atoms with Crippen molar-refractivity contribution in [3.8, 4) is 0 Å². The van der Waals surface area contributed by atoms with Crippen LogP contribution in [0.3, 0.4) is 0 Å². The highest BCUT2D eigenvalue weighted by Crippen LogP contribution is 2.54. The molecule has 1 unspecified atom stereocenters. The highest BCUT2D eigenvalue weighted by molar-refractivity contribution is 7.92. The van der Waals surface area contributed by atoms with Crippen molar-refractivity contribution in [2.75, 3.05) is 13.1 Å². The Morgan fingerprint density at radius 2 is 1.44 bits per heavy atom. The minimum atomic E-state index is -6.38. The van der Waals surface area contributed by atoms with Crippen molar-refractivity contribution in [3.63, 3.8) is 0 Å². The molecular formula is C28H27F8N3O5S. The number of carbonyl (C=O) groups is 2.